The molecule has 2 N–H and O–H groups in total. The van der Waals surface area contributed by atoms with E-state index in [0.29, 0.717) is 0 Å². The van der Waals surface area contributed by atoms with Crippen LogP contribution in [0.4, 0.5) is 5.95 Å². The van der Waals surface area contributed by atoms with Gasteiger partial charge in [0.1, 0.15) is 0 Å². The van der Waals surface area contributed by atoms with Crippen molar-refractivity contribution in [1.82, 2.24) is 25.5 Å². The number of anilines is 1. The Labute approximate surface area is 125 Å². The molecular weight excluding hydrogens is 264 g/mol. The van der Waals surface area contributed by atoms with Crippen molar-refractivity contribution in [3.8, 4) is 11.4 Å². The molecule has 0 bridgehead atoms. The highest BCUT2D eigenvalue weighted by Gasteiger charge is 2.21. The molecule has 0 aromatic carbocycles. The summed E-state index contributed by atoms with van der Waals surface area (Å²) in [7, 11) is 2.02. The van der Waals surface area contributed by atoms with Gasteiger partial charge in [-0.05, 0) is 51.4 Å². The Morgan fingerprint density at radius 2 is 2.14 bits per heavy atom. The van der Waals surface area contributed by atoms with E-state index in [4.69, 9.17) is 0 Å². The zero-order valence-electron chi connectivity index (χ0n) is 12.6. The third-order valence-electron chi connectivity index (χ3n) is 4.05. The highest BCUT2D eigenvalue weighted by Crippen LogP contribution is 2.22. The number of hydrogen-bond acceptors (Lipinski definition) is 5. The van der Waals surface area contributed by atoms with Crippen LogP contribution in [-0.4, -0.2) is 46.8 Å². The summed E-state index contributed by atoms with van der Waals surface area (Å²) in [5.74, 6) is 2.36. The molecule has 0 saturated carbocycles. The highest BCUT2D eigenvalue weighted by molar-refractivity contribution is 5.55. The minimum atomic E-state index is 0.769. The number of aromatic amines is 1. The van der Waals surface area contributed by atoms with Gasteiger partial charge in [0.25, 0.3) is 0 Å². The second-order valence-electron chi connectivity index (χ2n) is 5.66. The van der Waals surface area contributed by atoms with Crippen LogP contribution < -0.4 is 10.2 Å². The van der Waals surface area contributed by atoms with E-state index in [1.165, 1.54) is 12.8 Å². The van der Waals surface area contributed by atoms with E-state index < -0.39 is 0 Å². The monoisotopic (exact) mass is 286 g/mol. The molecule has 0 unspecified atom stereocenters. The van der Waals surface area contributed by atoms with E-state index in [-0.39, 0.29) is 0 Å². The molecule has 1 aliphatic heterocycles. The van der Waals surface area contributed by atoms with Crippen molar-refractivity contribution < 1.29 is 0 Å². The predicted octanol–water partition coefficient (Wildman–Crippen LogP) is 1.61. The molecule has 0 spiro atoms. The van der Waals surface area contributed by atoms with Gasteiger partial charge in [-0.25, -0.2) is 0 Å². The van der Waals surface area contributed by atoms with Gasteiger partial charge < -0.3 is 10.2 Å². The van der Waals surface area contributed by atoms with Gasteiger partial charge >= 0.3 is 0 Å². The number of nitrogens with zero attached hydrogens (tertiary/aromatic N) is 4. The molecule has 1 saturated heterocycles. The van der Waals surface area contributed by atoms with Crippen molar-refractivity contribution in [2.24, 2.45) is 5.92 Å². The lowest BCUT2D eigenvalue weighted by Gasteiger charge is -2.30. The molecule has 6 heteroatoms. The van der Waals surface area contributed by atoms with E-state index in [1.54, 1.807) is 0 Å². The van der Waals surface area contributed by atoms with Crippen LogP contribution in [0, 0.1) is 12.8 Å². The highest BCUT2D eigenvalue weighted by atomic mass is 15.4. The molecule has 0 aliphatic carbocycles. The average Bonchev–Trinajstić information content (AvgIpc) is 2.99. The second kappa shape index (κ2) is 6.22. The summed E-state index contributed by atoms with van der Waals surface area (Å²) in [5, 5.41) is 10.6. The Kier molecular flexibility index (Phi) is 4.15. The molecule has 0 atom stereocenters. The van der Waals surface area contributed by atoms with Crippen molar-refractivity contribution >= 4 is 5.95 Å². The average molecular weight is 286 g/mol. The van der Waals surface area contributed by atoms with Crippen LogP contribution in [0.3, 0.4) is 0 Å². The van der Waals surface area contributed by atoms with Gasteiger partial charge in [0.2, 0.25) is 5.95 Å². The van der Waals surface area contributed by atoms with Crippen LogP contribution in [-0.2, 0) is 0 Å². The summed E-state index contributed by atoms with van der Waals surface area (Å²) in [5.41, 5.74) is 1.98. The summed E-state index contributed by atoms with van der Waals surface area (Å²) in [6.45, 7) is 5.12. The van der Waals surface area contributed by atoms with Gasteiger partial charge in [0.15, 0.2) is 5.82 Å². The molecule has 0 amide bonds. The Balaban J connectivity index is 1.67. The van der Waals surface area contributed by atoms with Crippen molar-refractivity contribution in [3.63, 3.8) is 0 Å². The number of nitrogens with one attached hydrogen (secondary N) is 2. The maximum atomic E-state index is 4.61. The minimum Gasteiger partial charge on any atom is -0.340 e. The molecule has 21 heavy (non-hydrogen) atoms. The number of piperidine rings is 1. The number of pyridine rings is 1. The first-order valence-corrected chi connectivity index (χ1v) is 7.51. The molecule has 6 nitrogen and oxygen atoms in total. The summed E-state index contributed by atoms with van der Waals surface area (Å²) < 4.78 is 0. The Bertz CT molecular complexity index is 568. The second-order valence-corrected chi connectivity index (χ2v) is 5.66. The molecule has 3 heterocycles. The zero-order valence-corrected chi connectivity index (χ0v) is 12.6. The van der Waals surface area contributed by atoms with Crippen LogP contribution in [0.1, 0.15) is 18.5 Å². The lowest BCUT2D eigenvalue weighted by atomic mass is 9.97. The maximum absolute atomic E-state index is 4.61. The SMILES string of the molecule is CNCC1CCN(c2n[nH]c(-c3ccc(C)nc3)n2)CC1. The fraction of sp³-hybridized carbons (Fsp3) is 0.533. The molecule has 3 rings (SSSR count). The number of aryl methyl sites for hydroxylation is 1. The van der Waals surface area contributed by atoms with Crippen molar-refractivity contribution in [1.29, 1.82) is 0 Å². The standard InChI is InChI=1S/C15H22N6/c1-11-3-4-13(10-17-11)14-18-15(20-19-14)21-7-5-12(6-8-21)9-16-2/h3-4,10,12,16H,5-9H2,1-2H3,(H,18,19,20). The summed E-state index contributed by atoms with van der Waals surface area (Å²) in [6, 6.07) is 4.01. The Hall–Kier alpha value is -1.95. The summed E-state index contributed by atoms with van der Waals surface area (Å²) in [4.78, 5) is 11.2. The molecular formula is C15H22N6. The first-order chi connectivity index (χ1) is 10.3. The number of hydrogen-bond donors (Lipinski definition) is 2. The van der Waals surface area contributed by atoms with Crippen molar-refractivity contribution in [3.05, 3.63) is 24.0 Å². The van der Waals surface area contributed by atoms with E-state index in [0.717, 1.165) is 48.6 Å². The topological polar surface area (TPSA) is 69.7 Å². The zero-order chi connectivity index (χ0) is 14.7. The van der Waals surface area contributed by atoms with Gasteiger partial charge in [-0.1, -0.05) is 0 Å². The largest absolute Gasteiger partial charge is 0.340 e. The normalized spacial score (nSPS) is 16.4. The quantitative estimate of drug-likeness (QED) is 0.893. The predicted molar refractivity (Wildman–Crippen MR) is 83.2 cm³/mol. The molecule has 1 fully saturated rings. The summed E-state index contributed by atoms with van der Waals surface area (Å²) >= 11 is 0. The lowest BCUT2D eigenvalue weighted by Crippen LogP contribution is -2.37. The van der Waals surface area contributed by atoms with Gasteiger partial charge in [-0.3, -0.25) is 10.1 Å². The van der Waals surface area contributed by atoms with Gasteiger partial charge in [-0.15, -0.1) is 5.10 Å². The molecule has 2 aromatic heterocycles. The first kappa shape index (κ1) is 14.0. The Morgan fingerprint density at radius 3 is 2.81 bits per heavy atom. The van der Waals surface area contributed by atoms with Gasteiger partial charge in [0.05, 0.1) is 0 Å². The fourth-order valence-corrected chi connectivity index (χ4v) is 2.76. The van der Waals surface area contributed by atoms with Crippen molar-refractivity contribution in [2.45, 2.75) is 19.8 Å². The molecule has 112 valence electrons. The molecule has 1 aliphatic rings. The summed E-state index contributed by atoms with van der Waals surface area (Å²) in [6.07, 6.45) is 4.21. The molecule has 0 radical (unpaired) electrons. The van der Waals surface area contributed by atoms with E-state index in [9.17, 15) is 0 Å². The third-order valence-corrected chi connectivity index (χ3v) is 4.05. The van der Waals surface area contributed by atoms with Crippen LogP contribution in [0.5, 0.6) is 0 Å². The number of rotatable bonds is 4. The van der Waals surface area contributed by atoms with Gasteiger partial charge in [0, 0.05) is 30.5 Å². The first-order valence-electron chi connectivity index (χ1n) is 7.51. The fourth-order valence-electron chi connectivity index (χ4n) is 2.76. The number of H-pyrrole nitrogens is 1. The van der Waals surface area contributed by atoms with E-state index in [1.807, 2.05) is 32.3 Å². The van der Waals surface area contributed by atoms with Crippen LogP contribution >= 0.6 is 0 Å². The van der Waals surface area contributed by atoms with E-state index >= 15 is 0 Å². The smallest absolute Gasteiger partial charge is 0.245 e. The Morgan fingerprint density at radius 1 is 1.33 bits per heavy atom. The van der Waals surface area contributed by atoms with Crippen LogP contribution in [0.25, 0.3) is 11.4 Å². The third kappa shape index (κ3) is 3.21. The molecule has 2 aromatic rings. The van der Waals surface area contributed by atoms with Crippen LogP contribution in [0.15, 0.2) is 18.3 Å². The lowest BCUT2D eigenvalue weighted by molar-refractivity contribution is 0.391. The number of aromatic nitrogens is 4. The van der Waals surface area contributed by atoms with E-state index in [2.05, 4.69) is 30.4 Å². The maximum Gasteiger partial charge on any atom is 0.245 e. The van der Waals surface area contributed by atoms with Gasteiger partial charge in [-0.2, -0.15) is 4.98 Å². The minimum absolute atomic E-state index is 0.769. The van der Waals surface area contributed by atoms with Crippen LogP contribution in [0.2, 0.25) is 0 Å². The van der Waals surface area contributed by atoms with Crippen molar-refractivity contribution in [2.75, 3.05) is 31.6 Å².